The molecule has 0 saturated heterocycles. The van der Waals surface area contributed by atoms with E-state index in [1.807, 2.05) is 24.3 Å². The Kier molecular flexibility index (Phi) is 2.15. The van der Waals surface area contributed by atoms with Crippen LogP contribution in [0.3, 0.4) is 0 Å². The molecule has 1 aromatic rings. The molecule has 1 aliphatic rings. The highest BCUT2D eigenvalue weighted by Crippen LogP contribution is 2.34. The number of carbonyl (C=O) groups excluding carboxylic acids is 1. The van der Waals surface area contributed by atoms with Crippen molar-refractivity contribution in [3.05, 3.63) is 35.4 Å². The van der Waals surface area contributed by atoms with Gasteiger partial charge in [-0.05, 0) is 24.4 Å². The van der Waals surface area contributed by atoms with Crippen molar-refractivity contribution >= 4 is 5.78 Å². The average Bonchev–Trinajstić information content (AvgIpc) is 2.46. The van der Waals surface area contributed by atoms with Gasteiger partial charge in [0.1, 0.15) is 0 Å². The van der Waals surface area contributed by atoms with Gasteiger partial charge in [-0.25, -0.2) is 0 Å². The van der Waals surface area contributed by atoms with E-state index in [0.29, 0.717) is 18.9 Å². The topological polar surface area (TPSA) is 43.1 Å². The van der Waals surface area contributed by atoms with Gasteiger partial charge in [0.05, 0.1) is 0 Å². The lowest BCUT2D eigenvalue weighted by atomic mass is 9.98. The molecular formula is C11H13NO. The molecule has 0 aliphatic heterocycles. The summed E-state index contributed by atoms with van der Waals surface area (Å²) in [6, 6.07) is 7.86. The Morgan fingerprint density at radius 1 is 1.38 bits per heavy atom. The molecule has 68 valence electrons. The van der Waals surface area contributed by atoms with E-state index in [2.05, 4.69) is 0 Å². The van der Waals surface area contributed by atoms with Crippen molar-refractivity contribution in [3.8, 4) is 0 Å². The first-order chi connectivity index (χ1) is 6.33. The lowest BCUT2D eigenvalue weighted by Crippen LogP contribution is -2.04. The molecule has 0 spiro atoms. The molecule has 2 N–H and O–H groups in total. The predicted octanol–water partition coefficient (Wildman–Crippen LogP) is 1.71. The zero-order valence-electron chi connectivity index (χ0n) is 7.49. The molecule has 0 heterocycles. The molecule has 13 heavy (non-hydrogen) atoms. The zero-order valence-corrected chi connectivity index (χ0v) is 7.49. The van der Waals surface area contributed by atoms with Crippen LogP contribution in [-0.2, 0) is 0 Å². The molecule has 1 unspecified atom stereocenters. The third kappa shape index (κ3) is 1.38. The smallest absolute Gasteiger partial charge is 0.163 e. The van der Waals surface area contributed by atoms with Crippen LogP contribution in [0.4, 0.5) is 0 Å². The van der Waals surface area contributed by atoms with Gasteiger partial charge in [0.2, 0.25) is 0 Å². The van der Waals surface area contributed by atoms with Crippen LogP contribution in [0.25, 0.3) is 0 Å². The number of ketones is 1. The van der Waals surface area contributed by atoms with E-state index in [-0.39, 0.29) is 5.78 Å². The van der Waals surface area contributed by atoms with E-state index in [1.54, 1.807) is 0 Å². The molecule has 1 atom stereocenters. The SMILES string of the molecule is NCCC1CC(=O)c2ccccc21. The Labute approximate surface area is 77.8 Å². The lowest BCUT2D eigenvalue weighted by molar-refractivity contribution is 0.0988. The van der Waals surface area contributed by atoms with Crippen molar-refractivity contribution in [3.63, 3.8) is 0 Å². The monoisotopic (exact) mass is 175 g/mol. The fraction of sp³-hybridized carbons (Fsp3) is 0.364. The summed E-state index contributed by atoms with van der Waals surface area (Å²) in [7, 11) is 0. The second kappa shape index (κ2) is 3.30. The van der Waals surface area contributed by atoms with Gasteiger partial charge in [0.15, 0.2) is 5.78 Å². The molecule has 0 saturated carbocycles. The molecule has 0 fully saturated rings. The molecule has 0 bridgehead atoms. The van der Waals surface area contributed by atoms with Crippen molar-refractivity contribution in [1.82, 2.24) is 0 Å². The van der Waals surface area contributed by atoms with Crippen LogP contribution in [-0.4, -0.2) is 12.3 Å². The molecule has 0 amide bonds. The van der Waals surface area contributed by atoms with Crippen molar-refractivity contribution in [1.29, 1.82) is 0 Å². The maximum Gasteiger partial charge on any atom is 0.163 e. The standard InChI is InChI=1S/C11H13NO/c12-6-5-8-7-11(13)10-4-2-1-3-9(8)10/h1-4,8H,5-7,12H2. The molecule has 1 aliphatic carbocycles. The summed E-state index contributed by atoms with van der Waals surface area (Å²) in [5.41, 5.74) is 7.60. The maximum atomic E-state index is 11.5. The molecule has 0 aromatic heterocycles. The van der Waals surface area contributed by atoms with E-state index in [9.17, 15) is 4.79 Å². The largest absolute Gasteiger partial charge is 0.330 e. The highest BCUT2D eigenvalue weighted by atomic mass is 16.1. The summed E-state index contributed by atoms with van der Waals surface area (Å²) < 4.78 is 0. The summed E-state index contributed by atoms with van der Waals surface area (Å²) in [5.74, 6) is 0.641. The first-order valence-corrected chi connectivity index (χ1v) is 4.65. The van der Waals surface area contributed by atoms with Crippen LogP contribution in [0, 0.1) is 0 Å². The Balaban J connectivity index is 2.36. The van der Waals surface area contributed by atoms with Gasteiger partial charge in [0.25, 0.3) is 0 Å². The summed E-state index contributed by atoms with van der Waals surface area (Å²) >= 11 is 0. The van der Waals surface area contributed by atoms with Crippen LogP contribution in [0.5, 0.6) is 0 Å². The highest BCUT2D eigenvalue weighted by Gasteiger charge is 2.27. The highest BCUT2D eigenvalue weighted by molar-refractivity contribution is 6.01. The minimum atomic E-state index is 0.272. The third-order valence-corrected chi connectivity index (χ3v) is 2.65. The normalized spacial score (nSPS) is 20.4. The minimum absolute atomic E-state index is 0.272. The van der Waals surface area contributed by atoms with Crippen molar-refractivity contribution in [2.24, 2.45) is 5.73 Å². The van der Waals surface area contributed by atoms with Crippen LogP contribution in [0.15, 0.2) is 24.3 Å². The first kappa shape index (κ1) is 8.45. The fourth-order valence-corrected chi connectivity index (χ4v) is 2.01. The molecule has 0 radical (unpaired) electrons. The van der Waals surface area contributed by atoms with E-state index in [4.69, 9.17) is 5.73 Å². The van der Waals surface area contributed by atoms with E-state index < -0.39 is 0 Å². The summed E-state index contributed by atoms with van der Waals surface area (Å²) in [6.07, 6.45) is 1.57. The Bertz CT molecular complexity index is 333. The molecule has 2 rings (SSSR count). The van der Waals surface area contributed by atoms with E-state index >= 15 is 0 Å². The Hall–Kier alpha value is -1.15. The predicted molar refractivity (Wildman–Crippen MR) is 51.8 cm³/mol. The number of benzene rings is 1. The molecule has 2 heteroatoms. The Morgan fingerprint density at radius 3 is 2.92 bits per heavy atom. The van der Waals surface area contributed by atoms with E-state index in [1.165, 1.54) is 5.56 Å². The van der Waals surface area contributed by atoms with Gasteiger partial charge >= 0.3 is 0 Å². The van der Waals surface area contributed by atoms with Crippen molar-refractivity contribution < 1.29 is 4.79 Å². The van der Waals surface area contributed by atoms with Gasteiger partial charge in [-0.15, -0.1) is 0 Å². The fourth-order valence-electron chi connectivity index (χ4n) is 2.01. The number of Topliss-reactive ketones (excluding diaryl/α,β-unsaturated/α-hetero) is 1. The van der Waals surface area contributed by atoms with Gasteiger partial charge < -0.3 is 5.73 Å². The molecule has 2 nitrogen and oxygen atoms in total. The van der Waals surface area contributed by atoms with Crippen LogP contribution < -0.4 is 5.73 Å². The first-order valence-electron chi connectivity index (χ1n) is 4.65. The third-order valence-electron chi connectivity index (χ3n) is 2.65. The van der Waals surface area contributed by atoms with E-state index in [0.717, 1.165) is 12.0 Å². The number of carbonyl (C=O) groups is 1. The molecular weight excluding hydrogens is 162 g/mol. The van der Waals surface area contributed by atoms with Crippen molar-refractivity contribution in [2.75, 3.05) is 6.54 Å². The van der Waals surface area contributed by atoms with Crippen molar-refractivity contribution in [2.45, 2.75) is 18.8 Å². The van der Waals surface area contributed by atoms with Gasteiger partial charge in [-0.1, -0.05) is 24.3 Å². The number of fused-ring (bicyclic) bond motifs is 1. The van der Waals surface area contributed by atoms with Crippen LogP contribution >= 0.6 is 0 Å². The minimum Gasteiger partial charge on any atom is -0.330 e. The van der Waals surface area contributed by atoms with Gasteiger partial charge in [0, 0.05) is 12.0 Å². The summed E-state index contributed by atoms with van der Waals surface area (Å²) in [6.45, 7) is 0.659. The number of nitrogens with two attached hydrogens (primary N) is 1. The average molecular weight is 175 g/mol. The maximum absolute atomic E-state index is 11.5. The lowest BCUT2D eigenvalue weighted by Gasteiger charge is -2.07. The summed E-state index contributed by atoms with van der Waals surface area (Å²) in [5, 5.41) is 0. The number of hydrogen-bond acceptors (Lipinski definition) is 2. The quantitative estimate of drug-likeness (QED) is 0.743. The summed E-state index contributed by atoms with van der Waals surface area (Å²) in [4.78, 5) is 11.5. The van der Waals surface area contributed by atoms with Crippen LogP contribution in [0.2, 0.25) is 0 Å². The van der Waals surface area contributed by atoms with Gasteiger partial charge in [-0.3, -0.25) is 4.79 Å². The van der Waals surface area contributed by atoms with Gasteiger partial charge in [-0.2, -0.15) is 0 Å². The number of rotatable bonds is 2. The Morgan fingerprint density at radius 2 is 2.15 bits per heavy atom. The van der Waals surface area contributed by atoms with Crippen LogP contribution in [0.1, 0.15) is 34.7 Å². The second-order valence-corrected chi connectivity index (χ2v) is 3.49. The second-order valence-electron chi connectivity index (χ2n) is 3.49. The zero-order chi connectivity index (χ0) is 9.26. The number of hydrogen-bond donors (Lipinski definition) is 1. The molecule has 1 aromatic carbocycles.